The molecule has 0 N–H and O–H groups in total. The quantitative estimate of drug-likeness (QED) is 0.766. The van der Waals surface area contributed by atoms with Crippen molar-refractivity contribution in [1.82, 2.24) is 24.9 Å². The van der Waals surface area contributed by atoms with Crippen LogP contribution in [0.4, 0.5) is 0 Å². The van der Waals surface area contributed by atoms with Crippen molar-refractivity contribution < 1.29 is 4.52 Å². The van der Waals surface area contributed by atoms with Gasteiger partial charge in [0.2, 0.25) is 5.89 Å². The largest absolute Gasteiger partial charge is 0.339 e. The molecule has 3 heterocycles. The summed E-state index contributed by atoms with van der Waals surface area (Å²) in [7, 11) is 2.20. The fourth-order valence-corrected chi connectivity index (χ4v) is 4.06. The maximum absolute atomic E-state index is 5.30. The van der Waals surface area contributed by atoms with E-state index in [1.165, 1.54) is 11.3 Å². The van der Waals surface area contributed by atoms with Crippen LogP contribution in [0, 0.1) is 12.8 Å². The smallest absolute Gasteiger partial charge is 0.229 e. The highest BCUT2D eigenvalue weighted by Crippen LogP contribution is 2.21. The third-order valence-electron chi connectivity index (χ3n) is 4.54. The van der Waals surface area contributed by atoms with Gasteiger partial charge in [-0.3, -0.25) is 4.90 Å². The van der Waals surface area contributed by atoms with Crippen molar-refractivity contribution in [2.24, 2.45) is 5.92 Å². The van der Waals surface area contributed by atoms with Crippen LogP contribution in [0.3, 0.4) is 0 Å². The summed E-state index contributed by atoms with van der Waals surface area (Å²) in [6.45, 7) is 11.4. The van der Waals surface area contributed by atoms with E-state index in [1.807, 2.05) is 5.51 Å². The lowest BCUT2D eigenvalue weighted by Crippen LogP contribution is -2.28. The first-order valence-electron chi connectivity index (χ1n) is 8.63. The Kier molecular flexibility index (Phi) is 5.63. The third-order valence-corrected chi connectivity index (χ3v) is 5.46. The van der Waals surface area contributed by atoms with E-state index in [-0.39, 0.29) is 0 Å². The van der Waals surface area contributed by atoms with Crippen molar-refractivity contribution >= 4 is 11.3 Å². The maximum atomic E-state index is 5.30. The molecule has 132 valence electrons. The molecule has 6 nitrogen and oxygen atoms in total. The molecule has 1 aliphatic rings. The lowest BCUT2D eigenvalue weighted by molar-refractivity contribution is 0.252. The predicted molar refractivity (Wildman–Crippen MR) is 95.0 cm³/mol. The van der Waals surface area contributed by atoms with Gasteiger partial charge in [-0.05, 0) is 32.9 Å². The topological polar surface area (TPSA) is 58.3 Å². The molecule has 7 heteroatoms. The highest BCUT2D eigenvalue weighted by molar-refractivity contribution is 7.09. The Morgan fingerprint density at radius 2 is 2.29 bits per heavy atom. The highest BCUT2D eigenvalue weighted by Gasteiger charge is 2.25. The molecule has 1 atom stereocenters. The molecule has 0 saturated carbocycles. The average molecular weight is 350 g/mol. The number of nitrogens with zero attached hydrogens (tertiary/aromatic N) is 5. The van der Waals surface area contributed by atoms with Crippen molar-refractivity contribution in [3.63, 3.8) is 0 Å². The van der Waals surface area contributed by atoms with Gasteiger partial charge in [0.25, 0.3) is 0 Å². The highest BCUT2D eigenvalue weighted by atomic mass is 32.1. The summed E-state index contributed by atoms with van der Waals surface area (Å²) in [5.41, 5.74) is 3.10. The van der Waals surface area contributed by atoms with E-state index in [0.29, 0.717) is 11.8 Å². The molecule has 2 aromatic rings. The minimum Gasteiger partial charge on any atom is -0.339 e. The maximum Gasteiger partial charge on any atom is 0.229 e. The van der Waals surface area contributed by atoms with Crippen LogP contribution in [0.1, 0.15) is 48.5 Å². The molecule has 2 aromatic heterocycles. The van der Waals surface area contributed by atoms with E-state index in [4.69, 9.17) is 4.52 Å². The lowest BCUT2D eigenvalue weighted by Gasteiger charge is -2.21. The normalized spacial score (nSPS) is 19.0. The van der Waals surface area contributed by atoms with Gasteiger partial charge in [-0.2, -0.15) is 4.98 Å². The minimum absolute atomic E-state index is 0.293. The van der Waals surface area contributed by atoms with E-state index >= 15 is 0 Å². The van der Waals surface area contributed by atoms with Crippen LogP contribution in [0.25, 0.3) is 0 Å². The second kappa shape index (κ2) is 7.72. The van der Waals surface area contributed by atoms with Crippen LogP contribution < -0.4 is 0 Å². The molecular formula is C17H27N5OS. The van der Waals surface area contributed by atoms with Gasteiger partial charge < -0.3 is 9.42 Å². The summed E-state index contributed by atoms with van der Waals surface area (Å²) in [5.74, 6) is 2.55. The van der Waals surface area contributed by atoms with Gasteiger partial charge in [0, 0.05) is 30.4 Å². The second-order valence-electron chi connectivity index (χ2n) is 7.15. The number of aryl methyl sites for hydroxylation is 1. The number of rotatable bonds is 7. The SMILES string of the molecule is Cc1ncsc1CN(C)C[C@H]1CCN(Cc2noc(C(C)C)n2)C1. The van der Waals surface area contributed by atoms with Gasteiger partial charge >= 0.3 is 0 Å². The summed E-state index contributed by atoms with van der Waals surface area (Å²) in [6, 6.07) is 0. The standard InChI is InChI=1S/C17H27N5OS/c1-12(2)17-19-16(20-23-17)10-22-6-5-14(8-22)7-21(4)9-15-13(3)18-11-24-15/h11-12,14H,5-10H2,1-4H3/t14-/m1/s1. The van der Waals surface area contributed by atoms with E-state index in [2.05, 4.69) is 52.7 Å². The molecule has 24 heavy (non-hydrogen) atoms. The van der Waals surface area contributed by atoms with Crippen LogP contribution in [0.2, 0.25) is 0 Å². The molecule has 0 aromatic carbocycles. The zero-order valence-corrected chi connectivity index (χ0v) is 15.8. The van der Waals surface area contributed by atoms with Crippen molar-refractivity contribution in [3.8, 4) is 0 Å². The molecule has 0 aliphatic carbocycles. The van der Waals surface area contributed by atoms with Crippen LogP contribution in [0.5, 0.6) is 0 Å². The molecule has 1 aliphatic heterocycles. The molecule has 0 radical (unpaired) electrons. The molecule has 1 fully saturated rings. The number of likely N-dealkylation sites (tertiary alicyclic amines) is 1. The Morgan fingerprint density at radius 3 is 2.96 bits per heavy atom. The third kappa shape index (κ3) is 4.40. The first-order chi connectivity index (χ1) is 11.5. The average Bonchev–Trinajstić information content (AvgIpc) is 3.23. The second-order valence-corrected chi connectivity index (χ2v) is 8.09. The van der Waals surface area contributed by atoms with Crippen LogP contribution in [-0.2, 0) is 13.1 Å². The molecule has 0 bridgehead atoms. The zero-order chi connectivity index (χ0) is 17.1. The van der Waals surface area contributed by atoms with Crippen molar-refractivity contribution in [2.45, 2.75) is 46.2 Å². The molecule has 0 spiro atoms. The summed E-state index contributed by atoms with van der Waals surface area (Å²) in [4.78, 5) is 15.0. The van der Waals surface area contributed by atoms with Crippen molar-refractivity contribution in [1.29, 1.82) is 0 Å². The number of hydrogen-bond acceptors (Lipinski definition) is 7. The lowest BCUT2D eigenvalue weighted by atomic mass is 10.1. The Bertz CT molecular complexity index is 653. The van der Waals surface area contributed by atoms with Crippen molar-refractivity contribution in [3.05, 3.63) is 27.8 Å². The van der Waals surface area contributed by atoms with Gasteiger partial charge in [0.05, 0.1) is 17.7 Å². The van der Waals surface area contributed by atoms with Gasteiger partial charge in [-0.25, -0.2) is 4.98 Å². The monoisotopic (exact) mass is 349 g/mol. The van der Waals surface area contributed by atoms with E-state index in [9.17, 15) is 0 Å². The number of thiazole rings is 1. The first-order valence-corrected chi connectivity index (χ1v) is 9.51. The molecular weight excluding hydrogens is 322 g/mol. The Morgan fingerprint density at radius 1 is 1.46 bits per heavy atom. The summed E-state index contributed by atoms with van der Waals surface area (Å²) in [5, 5.41) is 4.10. The first kappa shape index (κ1) is 17.5. The van der Waals surface area contributed by atoms with Gasteiger partial charge in [-0.15, -0.1) is 11.3 Å². The molecule has 0 amide bonds. The Labute approximate surface area is 147 Å². The predicted octanol–water partition coefficient (Wildman–Crippen LogP) is 2.91. The zero-order valence-electron chi connectivity index (χ0n) is 15.0. The number of aromatic nitrogens is 3. The minimum atomic E-state index is 0.293. The van der Waals surface area contributed by atoms with E-state index < -0.39 is 0 Å². The van der Waals surface area contributed by atoms with Gasteiger partial charge in [0.15, 0.2) is 5.82 Å². The fourth-order valence-electron chi connectivity index (χ4n) is 3.20. The molecule has 3 rings (SSSR count). The van der Waals surface area contributed by atoms with Crippen molar-refractivity contribution in [2.75, 3.05) is 26.7 Å². The van der Waals surface area contributed by atoms with Gasteiger partial charge in [0.1, 0.15) is 0 Å². The van der Waals surface area contributed by atoms with Crippen LogP contribution in [0.15, 0.2) is 10.0 Å². The van der Waals surface area contributed by atoms with E-state index in [1.54, 1.807) is 11.3 Å². The van der Waals surface area contributed by atoms with Crippen LogP contribution >= 0.6 is 11.3 Å². The molecule has 0 unspecified atom stereocenters. The number of hydrogen-bond donors (Lipinski definition) is 0. The fraction of sp³-hybridized carbons (Fsp3) is 0.706. The summed E-state index contributed by atoms with van der Waals surface area (Å²) in [6.07, 6.45) is 1.24. The summed E-state index contributed by atoms with van der Waals surface area (Å²) < 4.78 is 5.30. The summed E-state index contributed by atoms with van der Waals surface area (Å²) >= 11 is 1.75. The Hall–Kier alpha value is -1.31. The van der Waals surface area contributed by atoms with Crippen LogP contribution in [-0.4, -0.2) is 51.6 Å². The Balaban J connectivity index is 1.45. The van der Waals surface area contributed by atoms with E-state index in [0.717, 1.165) is 50.1 Å². The molecule has 1 saturated heterocycles. The van der Waals surface area contributed by atoms with Gasteiger partial charge in [-0.1, -0.05) is 19.0 Å².